The van der Waals surface area contributed by atoms with E-state index in [1.807, 2.05) is 6.92 Å². The zero-order chi connectivity index (χ0) is 16.8. The molecule has 0 aromatic carbocycles. The van der Waals surface area contributed by atoms with Gasteiger partial charge in [0, 0.05) is 6.16 Å². The van der Waals surface area contributed by atoms with E-state index in [0.717, 1.165) is 37.5 Å². The summed E-state index contributed by atoms with van der Waals surface area (Å²) in [7, 11) is -2.84. The molecule has 0 saturated carbocycles. The molecule has 0 saturated heterocycles. The number of unbranched alkanes of at least 4 members (excludes halogenated alkanes) is 4. The van der Waals surface area contributed by atoms with Crippen LogP contribution in [0.3, 0.4) is 0 Å². The van der Waals surface area contributed by atoms with Crippen molar-refractivity contribution in [1.29, 1.82) is 0 Å². The van der Waals surface area contributed by atoms with E-state index in [9.17, 15) is 4.57 Å². The van der Waals surface area contributed by atoms with Gasteiger partial charge in [-0.3, -0.25) is 4.57 Å². The van der Waals surface area contributed by atoms with Crippen molar-refractivity contribution in [3.05, 3.63) is 0 Å². The summed E-state index contributed by atoms with van der Waals surface area (Å²) in [5, 5.41) is 0. The van der Waals surface area contributed by atoms with Gasteiger partial charge in [0.25, 0.3) is 0 Å². The van der Waals surface area contributed by atoms with Crippen molar-refractivity contribution < 1.29 is 13.6 Å². The molecular formula is C18H39O3P. The van der Waals surface area contributed by atoms with Gasteiger partial charge in [0.05, 0.1) is 13.2 Å². The Labute approximate surface area is 139 Å². The van der Waals surface area contributed by atoms with E-state index in [1.165, 1.54) is 25.7 Å². The van der Waals surface area contributed by atoms with E-state index in [1.54, 1.807) is 0 Å². The van der Waals surface area contributed by atoms with Gasteiger partial charge in [-0.1, -0.05) is 73.1 Å². The minimum Gasteiger partial charge on any atom is -0.309 e. The molecular weight excluding hydrogens is 295 g/mol. The standard InChI is InChI=1S/C18H39O3P/c1-6-22(19,20-15-11-7-9-13-17(2)3)21-16-12-8-10-14-18(4)5/h17-18H,6-16H2,1-5H3. The average Bonchev–Trinajstić information content (AvgIpc) is 2.46. The summed E-state index contributed by atoms with van der Waals surface area (Å²) >= 11 is 0. The second-order valence-corrected chi connectivity index (χ2v) is 9.45. The molecule has 0 N–H and O–H groups in total. The molecule has 4 heteroatoms. The van der Waals surface area contributed by atoms with Gasteiger partial charge in [-0.25, -0.2) is 0 Å². The highest BCUT2D eigenvalue weighted by molar-refractivity contribution is 7.53. The Bertz CT molecular complexity index is 266. The summed E-state index contributed by atoms with van der Waals surface area (Å²) in [6, 6.07) is 0. The number of hydrogen-bond donors (Lipinski definition) is 0. The predicted molar refractivity (Wildman–Crippen MR) is 96.7 cm³/mol. The van der Waals surface area contributed by atoms with E-state index in [-0.39, 0.29) is 0 Å². The zero-order valence-corrected chi connectivity index (χ0v) is 16.5. The van der Waals surface area contributed by atoms with Gasteiger partial charge in [-0.15, -0.1) is 0 Å². The molecule has 0 heterocycles. The Kier molecular flexibility index (Phi) is 13.7. The number of rotatable bonds is 15. The van der Waals surface area contributed by atoms with Crippen LogP contribution in [0.5, 0.6) is 0 Å². The smallest absolute Gasteiger partial charge is 0.309 e. The summed E-state index contributed by atoms with van der Waals surface area (Å²) in [6.07, 6.45) is 9.72. The minimum atomic E-state index is -2.84. The van der Waals surface area contributed by atoms with Crippen molar-refractivity contribution in [3.63, 3.8) is 0 Å². The SMILES string of the molecule is CCP(=O)(OCCCCCC(C)C)OCCCCCC(C)C. The largest absolute Gasteiger partial charge is 0.330 e. The minimum absolute atomic E-state index is 0.477. The number of hydrogen-bond acceptors (Lipinski definition) is 3. The molecule has 0 aromatic rings. The maximum Gasteiger partial charge on any atom is 0.330 e. The lowest BCUT2D eigenvalue weighted by atomic mass is 10.1. The van der Waals surface area contributed by atoms with Gasteiger partial charge < -0.3 is 9.05 Å². The van der Waals surface area contributed by atoms with Crippen LogP contribution in [0.2, 0.25) is 0 Å². The van der Waals surface area contributed by atoms with Crippen molar-refractivity contribution in [2.75, 3.05) is 19.4 Å². The topological polar surface area (TPSA) is 35.5 Å². The summed E-state index contributed by atoms with van der Waals surface area (Å²) in [5.41, 5.74) is 0. The van der Waals surface area contributed by atoms with E-state index in [4.69, 9.17) is 9.05 Å². The van der Waals surface area contributed by atoms with Crippen molar-refractivity contribution in [2.45, 2.75) is 86.0 Å². The lowest BCUT2D eigenvalue weighted by Gasteiger charge is -2.17. The molecule has 22 heavy (non-hydrogen) atoms. The summed E-state index contributed by atoms with van der Waals surface area (Å²) in [6.45, 7) is 12.0. The third-order valence-corrected chi connectivity index (χ3v) is 5.74. The van der Waals surface area contributed by atoms with Crippen LogP contribution in [-0.2, 0) is 13.6 Å². The molecule has 0 rings (SSSR count). The first-order valence-electron chi connectivity index (χ1n) is 9.27. The molecule has 0 aromatic heterocycles. The first kappa shape index (κ1) is 22.1. The lowest BCUT2D eigenvalue weighted by molar-refractivity contribution is 0.198. The predicted octanol–water partition coefficient (Wildman–Crippen LogP) is 6.67. The first-order chi connectivity index (χ1) is 10.4. The van der Waals surface area contributed by atoms with Crippen LogP contribution >= 0.6 is 7.60 Å². The highest BCUT2D eigenvalue weighted by Crippen LogP contribution is 2.47. The van der Waals surface area contributed by atoms with Gasteiger partial charge in [0.2, 0.25) is 0 Å². The van der Waals surface area contributed by atoms with Crippen molar-refractivity contribution in [1.82, 2.24) is 0 Å². The molecule has 0 fully saturated rings. The molecule has 0 amide bonds. The van der Waals surface area contributed by atoms with E-state index in [2.05, 4.69) is 27.7 Å². The van der Waals surface area contributed by atoms with Crippen LogP contribution in [0.1, 0.15) is 86.0 Å². The summed E-state index contributed by atoms with van der Waals surface area (Å²) in [5.74, 6) is 1.53. The Hall–Kier alpha value is 0.150. The third-order valence-electron chi connectivity index (χ3n) is 3.81. The molecule has 0 atom stereocenters. The molecule has 3 nitrogen and oxygen atoms in total. The summed E-state index contributed by atoms with van der Waals surface area (Å²) in [4.78, 5) is 0. The maximum absolute atomic E-state index is 12.4. The molecule has 0 aliphatic heterocycles. The normalized spacial score (nSPS) is 12.5. The Morgan fingerprint density at radius 1 is 0.727 bits per heavy atom. The fourth-order valence-electron chi connectivity index (χ4n) is 2.29. The van der Waals surface area contributed by atoms with Gasteiger partial charge >= 0.3 is 7.60 Å². The molecule has 134 valence electrons. The van der Waals surface area contributed by atoms with E-state index in [0.29, 0.717) is 19.4 Å². The van der Waals surface area contributed by atoms with Crippen molar-refractivity contribution in [3.8, 4) is 0 Å². The highest BCUT2D eigenvalue weighted by Gasteiger charge is 2.21. The fourth-order valence-corrected chi connectivity index (χ4v) is 3.54. The monoisotopic (exact) mass is 334 g/mol. The van der Waals surface area contributed by atoms with Crippen LogP contribution in [0.4, 0.5) is 0 Å². The molecule has 0 spiro atoms. The molecule has 0 bridgehead atoms. The second kappa shape index (κ2) is 13.6. The Morgan fingerprint density at radius 2 is 1.14 bits per heavy atom. The second-order valence-electron chi connectivity index (χ2n) is 7.08. The quantitative estimate of drug-likeness (QED) is 0.248. The van der Waals surface area contributed by atoms with Gasteiger partial charge in [-0.05, 0) is 24.7 Å². The molecule has 0 unspecified atom stereocenters. The lowest BCUT2D eigenvalue weighted by Crippen LogP contribution is -2.02. The van der Waals surface area contributed by atoms with Crippen LogP contribution in [0.25, 0.3) is 0 Å². The Morgan fingerprint density at radius 3 is 1.45 bits per heavy atom. The van der Waals surface area contributed by atoms with Crippen molar-refractivity contribution in [2.24, 2.45) is 11.8 Å². The first-order valence-corrected chi connectivity index (χ1v) is 11.0. The third kappa shape index (κ3) is 13.8. The highest BCUT2D eigenvalue weighted by atomic mass is 31.2. The van der Waals surface area contributed by atoms with Gasteiger partial charge in [0.15, 0.2) is 0 Å². The van der Waals surface area contributed by atoms with Crippen LogP contribution < -0.4 is 0 Å². The Balaban J connectivity index is 3.65. The van der Waals surface area contributed by atoms with E-state index >= 15 is 0 Å². The van der Waals surface area contributed by atoms with Gasteiger partial charge in [-0.2, -0.15) is 0 Å². The molecule has 0 radical (unpaired) electrons. The average molecular weight is 334 g/mol. The van der Waals surface area contributed by atoms with Crippen LogP contribution in [0, 0.1) is 11.8 Å². The molecule has 0 aliphatic rings. The fraction of sp³-hybridized carbons (Fsp3) is 1.00. The van der Waals surface area contributed by atoms with E-state index < -0.39 is 7.60 Å². The molecule has 0 aliphatic carbocycles. The van der Waals surface area contributed by atoms with Crippen LogP contribution in [0.15, 0.2) is 0 Å². The zero-order valence-electron chi connectivity index (χ0n) is 15.6. The summed E-state index contributed by atoms with van der Waals surface area (Å²) < 4.78 is 23.5. The maximum atomic E-state index is 12.4. The van der Waals surface area contributed by atoms with Crippen molar-refractivity contribution >= 4 is 7.60 Å². The van der Waals surface area contributed by atoms with Gasteiger partial charge in [0.1, 0.15) is 0 Å². The van der Waals surface area contributed by atoms with Crippen LogP contribution in [-0.4, -0.2) is 19.4 Å².